The molecule has 1 heterocycles. The molecule has 0 aliphatic rings. The summed E-state index contributed by atoms with van der Waals surface area (Å²) in [4.78, 5) is 6.47. The van der Waals surface area contributed by atoms with Crippen LogP contribution in [0.1, 0.15) is 19.4 Å². The van der Waals surface area contributed by atoms with Crippen LogP contribution in [0.4, 0.5) is 0 Å². The van der Waals surface area contributed by atoms with E-state index in [4.69, 9.17) is 0 Å². The van der Waals surface area contributed by atoms with Gasteiger partial charge in [0, 0.05) is 25.5 Å². The standard InChI is InChI=1S/C13H23N3/c1-4-14-8-12(2)10-16(3)11-13-6-5-7-15-9-13/h5-7,9,12,14H,4,8,10-11H2,1-3H3. The molecular formula is C13H23N3. The Morgan fingerprint density at radius 2 is 2.31 bits per heavy atom. The molecule has 0 spiro atoms. The summed E-state index contributed by atoms with van der Waals surface area (Å²) in [7, 11) is 2.16. The van der Waals surface area contributed by atoms with Gasteiger partial charge in [0.1, 0.15) is 0 Å². The number of nitrogens with zero attached hydrogens (tertiary/aromatic N) is 2. The van der Waals surface area contributed by atoms with E-state index in [2.05, 4.69) is 42.2 Å². The van der Waals surface area contributed by atoms with Crippen LogP contribution in [0.15, 0.2) is 24.5 Å². The summed E-state index contributed by atoms with van der Waals surface area (Å²) in [5, 5.41) is 3.38. The van der Waals surface area contributed by atoms with Crippen LogP contribution in [-0.4, -0.2) is 36.6 Å². The summed E-state index contributed by atoms with van der Waals surface area (Å²) in [5.74, 6) is 0.682. The molecule has 0 fully saturated rings. The maximum Gasteiger partial charge on any atom is 0.0312 e. The first-order valence-corrected chi connectivity index (χ1v) is 6.00. The van der Waals surface area contributed by atoms with Crippen LogP contribution in [0.25, 0.3) is 0 Å². The molecule has 1 atom stereocenters. The topological polar surface area (TPSA) is 28.2 Å². The Labute approximate surface area is 98.9 Å². The van der Waals surface area contributed by atoms with E-state index in [1.165, 1.54) is 5.56 Å². The highest BCUT2D eigenvalue weighted by atomic mass is 15.1. The zero-order chi connectivity index (χ0) is 11.8. The van der Waals surface area contributed by atoms with Crippen molar-refractivity contribution in [3.05, 3.63) is 30.1 Å². The fourth-order valence-electron chi connectivity index (χ4n) is 1.86. The van der Waals surface area contributed by atoms with Crippen LogP contribution >= 0.6 is 0 Å². The Morgan fingerprint density at radius 3 is 2.94 bits per heavy atom. The molecule has 3 nitrogen and oxygen atoms in total. The first-order chi connectivity index (χ1) is 7.72. The van der Waals surface area contributed by atoms with Crippen molar-refractivity contribution in [1.82, 2.24) is 15.2 Å². The van der Waals surface area contributed by atoms with Gasteiger partial charge in [0.2, 0.25) is 0 Å². The molecule has 0 saturated carbocycles. The molecule has 0 amide bonds. The highest BCUT2D eigenvalue weighted by Gasteiger charge is 2.06. The average Bonchev–Trinajstić information content (AvgIpc) is 2.27. The van der Waals surface area contributed by atoms with Gasteiger partial charge in [0.15, 0.2) is 0 Å². The quantitative estimate of drug-likeness (QED) is 0.760. The van der Waals surface area contributed by atoms with Crippen molar-refractivity contribution in [2.75, 3.05) is 26.7 Å². The molecule has 1 unspecified atom stereocenters. The number of rotatable bonds is 7. The van der Waals surface area contributed by atoms with Gasteiger partial charge in [-0.25, -0.2) is 0 Å². The second kappa shape index (κ2) is 7.36. The smallest absolute Gasteiger partial charge is 0.0312 e. The Hall–Kier alpha value is -0.930. The third-order valence-electron chi connectivity index (χ3n) is 2.54. The van der Waals surface area contributed by atoms with Crippen molar-refractivity contribution in [2.24, 2.45) is 5.92 Å². The molecular weight excluding hydrogens is 198 g/mol. The van der Waals surface area contributed by atoms with Crippen LogP contribution in [0.5, 0.6) is 0 Å². The van der Waals surface area contributed by atoms with Gasteiger partial charge in [0.25, 0.3) is 0 Å². The van der Waals surface area contributed by atoms with Gasteiger partial charge in [-0.3, -0.25) is 4.98 Å². The van der Waals surface area contributed by atoms with Crippen LogP contribution in [0.3, 0.4) is 0 Å². The first kappa shape index (κ1) is 13.1. The molecule has 0 radical (unpaired) electrons. The van der Waals surface area contributed by atoms with Crippen LogP contribution < -0.4 is 5.32 Å². The fourth-order valence-corrected chi connectivity index (χ4v) is 1.86. The lowest BCUT2D eigenvalue weighted by Gasteiger charge is -2.21. The van der Waals surface area contributed by atoms with Gasteiger partial charge in [-0.1, -0.05) is 19.9 Å². The SMILES string of the molecule is CCNCC(C)CN(C)Cc1cccnc1. The van der Waals surface area contributed by atoms with E-state index >= 15 is 0 Å². The lowest BCUT2D eigenvalue weighted by Crippen LogP contribution is -2.30. The van der Waals surface area contributed by atoms with Crippen molar-refractivity contribution in [3.8, 4) is 0 Å². The summed E-state index contributed by atoms with van der Waals surface area (Å²) < 4.78 is 0. The van der Waals surface area contributed by atoms with Crippen LogP contribution in [-0.2, 0) is 6.54 Å². The van der Waals surface area contributed by atoms with Gasteiger partial charge in [0.05, 0.1) is 0 Å². The van der Waals surface area contributed by atoms with E-state index in [1.807, 2.05) is 18.5 Å². The lowest BCUT2D eigenvalue weighted by molar-refractivity contribution is 0.274. The number of aromatic nitrogens is 1. The Bertz CT molecular complexity index is 274. The largest absolute Gasteiger partial charge is 0.317 e. The first-order valence-electron chi connectivity index (χ1n) is 6.00. The molecule has 1 aromatic heterocycles. The molecule has 3 heteroatoms. The summed E-state index contributed by atoms with van der Waals surface area (Å²) in [6, 6.07) is 4.11. The van der Waals surface area contributed by atoms with Crippen molar-refractivity contribution < 1.29 is 0 Å². The monoisotopic (exact) mass is 221 g/mol. The number of hydrogen-bond donors (Lipinski definition) is 1. The van der Waals surface area contributed by atoms with Crippen LogP contribution in [0.2, 0.25) is 0 Å². The number of nitrogens with one attached hydrogen (secondary N) is 1. The van der Waals surface area contributed by atoms with E-state index < -0.39 is 0 Å². The third kappa shape index (κ3) is 5.24. The molecule has 16 heavy (non-hydrogen) atoms. The van der Waals surface area contributed by atoms with Gasteiger partial charge in [-0.15, -0.1) is 0 Å². The molecule has 0 saturated heterocycles. The van der Waals surface area contributed by atoms with E-state index in [9.17, 15) is 0 Å². The zero-order valence-corrected chi connectivity index (χ0v) is 10.6. The Kier molecular flexibility index (Phi) is 6.04. The molecule has 0 aromatic carbocycles. The maximum absolute atomic E-state index is 4.13. The van der Waals surface area contributed by atoms with Crippen LogP contribution in [0, 0.1) is 5.92 Å². The van der Waals surface area contributed by atoms with Gasteiger partial charge in [-0.05, 0) is 37.7 Å². The summed E-state index contributed by atoms with van der Waals surface area (Å²) in [5.41, 5.74) is 1.28. The highest BCUT2D eigenvalue weighted by molar-refractivity contribution is 5.07. The predicted molar refractivity (Wildman–Crippen MR) is 68.3 cm³/mol. The minimum absolute atomic E-state index is 0.682. The Morgan fingerprint density at radius 1 is 1.50 bits per heavy atom. The molecule has 1 N–H and O–H groups in total. The van der Waals surface area contributed by atoms with Gasteiger partial charge < -0.3 is 10.2 Å². The average molecular weight is 221 g/mol. The second-order valence-electron chi connectivity index (χ2n) is 4.47. The van der Waals surface area contributed by atoms with E-state index in [1.54, 1.807) is 0 Å². The summed E-state index contributed by atoms with van der Waals surface area (Å²) in [6.07, 6.45) is 3.75. The van der Waals surface area contributed by atoms with E-state index in [-0.39, 0.29) is 0 Å². The number of hydrogen-bond acceptors (Lipinski definition) is 3. The molecule has 0 aliphatic carbocycles. The van der Waals surface area contributed by atoms with Crippen molar-refractivity contribution in [3.63, 3.8) is 0 Å². The normalized spacial score (nSPS) is 13.0. The van der Waals surface area contributed by atoms with Gasteiger partial charge >= 0.3 is 0 Å². The lowest BCUT2D eigenvalue weighted by atomic mass is 10.1. The van der Waals surface area contributed by atoms with E-state index in [0.29, 0.717) is 5.92 Å². The van der Waals surface area contributed by atoms with E-state index in [0.717, 1.165) is 26.2 Å². The molecule has 0 bridgehead atoms. The minimum atomic E-state index is 0.682. The minimum Gasteiger partial charge on any atom is -0.317 e. The highest BCUT2D eigenvalue weighted by Crippen LogP contribution is 2.03. The maximum atomic E-state index is 4.13. The predicted octanol–water partition coefficient (Wildman–Crippen LogP) is 1.76. The van der Waals surface area contributed by atoms with Gasteiger partial charge in [-0.2, -0.15) is 0 Å². The Balaban J connectivity index is 2.27. The molecule has 0 aliphatic heterocycles. The summed E-state index contributed by atoms with van der Waals surface area (Å²) in [6.45, 7) is 8.66. The third-order valence-corrected chi connectivity index (χ3v) is 2.54. The zero-order valence-electron chi connectivity index (χ0n) is 10.6. The number of pyridine rings is 1. The summed E-state index contributed by atoms with van der Waals surface area (Å²) >= 11 is 0. The second-order valence-corrected chi connectivity index (χ2v) is 4.47. The van der Waals surface area contributed by atoms with Crippen molar-refractivity contribution >= 4 is 0 Å². The molecule has 1 aromatic rings. The van der Waals surface area contributed by atoms with Crippen molar-refractivity contribution in [2.45, 2.75) is 20.4 Å². The molecule has 90 valence electrons. The van der Waals surface area contributed by atoms with Crippen molar-refractivity contribution in [1.29, 1.82) is 0 Å². The molecule has 1 rings (SSSR count). The fraction of sp³-hybridized carbons (Fsp3) is 0.615.